The van der Waals surface area contributed by atoms with E-state index >= 15 is 0 Å². The zero-order valence-corrected chi connectivity index (χ0v) is 14.4. The normalized spacial score (nSPS) is 56.0. The first-order valence-corrected chi connectivity index (χ1v) is 9.88. The first kappa shape index (κ1) is 14.5. The number of ether oxygens (including phenoxy) is 1. The van der Waals surface area contributed by atoms with E-state index in [0.717, 1.165) is 17.8 Å². The molecule has 0 aromatic heterocycles. The lowest BCUT2D eigenvalue weighted by Gasteiger charge is -2.66. The summed E-state index contributed by atoms with van der Waals surface area (Å²) in [4.78, 5) is 12.3. The van der Waals surface area contributed by atoms with E-state index in [1.54, 1.807) is 0 Å². The molecule has 0 aliphatic heterocycles. The molecule has 0 saturated heterocycles. The van der Waals surface area contributed by atoms with Gasteiger partial charge < -0.3 is 4.74 Å². The Labute approximate surface area is 140 Å². The van der Waals surface area contributed by atoms with Gasteiger partial charge in [0.15, 0.2) is 0 Å². The summed E-state index contributed by atoms with van der Waals surface area (Å²) in [6.07, 6.45) is 13.5. The van der Waals surface area contributed by atoms with Crippen LogP contribution in [0.5, 0.6) is 0 Å². The Hall–Kier alpha value is -0.790. The van der Waals surface area contributed by atoms with Gasteiger partial charge in [-0.05, 0) is 74.5 Å². The maximum Gasteiger partial charge on any atom is 0.330 e. The van der Waals surface area contributed by atoms with Gasteiger partial charge in [-0.1, -0.05) is 19.9 Å². The van der Waals surface area contributed by atoms with Crippen LogP contribution < -0.4 is 0 Å². The van der Waals surface area contributed by atoms with Crippen LogP contribution in [0.25, 0.3) is 0 Å². The van der Waals surface area contributed by atoms with Gasteiger partial charge in [0.1, 0.15) is 5.60 Å². The van der Waals surface area contributed by atoms with Gasteiger partial charge in [-0.15, -0.1) is 0 Å². The van der Waals surface area contributed by atoms with E-state index in [1.807, 2.05) is 0 Å². The molecule has 5 atom stereocenters. The molecule has 23 heavy (non-hydrogen) atoms. The van der Waals surface area contributed by atoms with E-state index in [4.69, 9.17) is 4.74 Å². The van der Waals surface area contributed by atoms with Crippen molar-refractivity contribution in [2.75, 3.05) is 0 Å². The largest absolute Gasteiger partial charge is 0.455 e. The fourth-order valence-electron chi connectivity index (χ4n) is 8.25. The maximum absolute atomic E-state index is 12.3. The van der Waals surface area contributed by atoms with Gasteiger partial charge >= 0.3 is 5.97 Å². The van der Waals surface area contributed by atoms with Gasteiger partial charge in [-0.3, -0.25) is 0 Å². The van der Waals surface area contributed by atoms with Crippen molar-refractivity contribution in [2.45, 2.75) is 70.3 Å². The van der Waals surface area contributed by atoms with Crippen LogP contribution in [0.2, 0.25) is 0 Å². The summed E-state index contributed by atoms with van der Waals surface area (Å²) in [6, 6.07) is 0. The molecule has 0 spiro atoms. The molecule has 126 valence electrons. The minimum atomic E-state index is -0.162. The number of carbonyl (C=O) groups excluding carboxylic acids is 1. The molecule has 2 heteroatoms. The highest BCUT2D eigenvalue weighted by molar-refractivity contribution is 5.81. The number of carbonyl (C=O) groups is 1. The quantitative estimate of drug-likeness (QED) is 0.556. The molecule has 5 unspecified atom stereocenters. The molecular weight excluding hydrogens is 284 g/mol. The van der Waals surface area contributed by atoms with Crippen molar-refractivity contribution in [3.8, 4) is 0 Å². The molecule has 2 nitrogen and oxygen atoms in total. The van der Waals surface area contributed by atoms with Gasteiger partial charge in [-0.25, -0.2) is 4.79 Å². The van der Waals surface area contributed by atoms with Crippen LogP contribution in [-0.4, -0.2) is 11.6 Å². The third-order valence-electron chi connectivity index (χ3n) is 8.53. The van der Waals surface area contributed by atoms with Crippen LogP contribution in [0.15, 0.2) is 12.7 Å². The van der Waals surface area contributed by atoms with Crippen LogP contribution in [0.3, 0.4) is 0 Å². The predicted octanol–water partition coefficient (Wildman–Crippen LogP) is 4.74. The van der Waals surface area contributed by atoms with Gasteiger partial charge in [0.25, 0.3) is 0 Å². The first-order chi connectivity index (χ1) is 11.0. The summed E-state index contributed by atoms with van der Waals surface area (Å²) in [7, 11) is 0. The molecule has 6 bridgehead atoms. The highest BCUT2D eigenvalue weighted by Crippen LogP contribution is 2.69. The molecule has 0 aromatic rings. The molecule has 6 saturated carbocycles. The standard InChI is InChI=1S/C21H30O2/c1-3-19(22)23-21(18-9-13-4-5-15(18)6-13)16-7-14-8-17(21)12-20(2,10-14)11-16/h3,13-18H,1,4-12H2,2H3. The summed E-state index contributed by atoms with van der Waals surface area (Å²) in [5.41, 5.74) is 0.389. The van der Waals surface area contributed by atoms with Crippen molar-refractivity contribution >= 4 is 5.97 Å². The Morgan fingerprint density at radius 2 is 1.78 bits per heavy atom. The van der Waals surface area contributed by atoms with Crippen LogP contribution in [-0.2, 0) is 9.53 Å². The number of hydrogen-bond acceptors (Lipinski definition) is 2. The van der Waals surface area contributed by atoms with Crippen molar-refractivity contribution < 1.29 is 9.53 Å². The number of esters is 1. The van der Waals surface area contributed by atoms with Crippen molar-refractivity contribution in [2.24, 2.45) is 40.9 Å². The zero-order chi connectivity index (χ0) is 15.8. The second kappa shape index (κ2) is 4.64. The van der Waals surface area contributed by atoms with Crippen molar-refractivity contribution in [1.29, 1.82) is 0 Å². The lowest BCUT2D eigenvalue weighted by Crippen LogP contribution is -2.65. The summed E-state index contributed by atoms with van der Waals surface area (Å²) in [5.74, 6) is 4.35. The summed E-state index contributed by atoms with van der Waals surface area (Å²) in [6.45, 7) is 6.19. The summed E-state index contributed by atoms with van der Waals surface area (Å²) in [5, 5.41) is 0. The van der Waals surface area contributed by atoms with E-state index in [-0.39, 0.29) is 11.6 Å². The Bertz CT molecular complexity index is 534. The Morgan fingerprint density at radius 3 is 2.30 bits per heavy atom. The molecule has 6 aliphatic rings. The van der Waals surface area contributed by atoms with E-state index in [2.05, 4.69) is 13.5 Å². The Kier molecular flexibility index (Phi) is 2.93. The molecule has 0 amide bonds. The highest BCUT2D eigenvalue weighted by atomic mass is 16.6. The van der Waals surface area contributed by atoms with Crippen molar-refractivity contribution in [3.05, 3.63) is 12.7 Å². The average Bonchev–Trinajstić information content (AvgIpc) is 3.12. The van der Waals surface area contributed by atoms with Crippen LogP contribution >= 0.6 is 0 Å². The molecule has 6 aliphatic carbocycles. The van der Waals surface area contributed by atoms with Crippen LogP contribution in [0, 0.1) is 40.9 Å². The van der Waals surface area contributed by atoms with Gasteiger partial charge in [-0.2, -0.15) is 0 Å². The van der Waals surface area contributed by atoms with E-state index in [1.165, 1.54) is 63.9 Å². The van der Waals surface area contributed by atoms with Gasteiger partial charge in [0.05, 0.1) is 0 Å². The van der Waals surface area contributed by atoms with Crippen molar-refractivity contribution in [3.63, 3.8) is 0 Å². The number of rotatable bonds is 3. The molecule has 0 radical (unpaired) electrons. The van der Waals surface area contributed by atoms with Crippen LogP contribution in [0.1, 0.15) is 64.7 Å². The molecule has 0 N–H and O–H groups in total. The average molecular weight is 314 g/mol. The SMILES string of the molecule is C=CC(=O)OC1(C2CC3CCC2C3)C2CC3CC1CC(C)(C3)C2. The molecular formula is C21H30O2. The fourth-order valence-corrected chi connectivity index (χ4v) is 8.25. The second-order valence-corrected chi connectivity index (χ2v) is 9.91. The minimum absolute atomic E-state index is 0.137. The third kappa shape index (κ3) is 1.90. The topological polar surface area (TPSA) is 26.3 Å². The first-order valence-electron chi connectivity index (χ1n) is 9.88. The zero-order valence-electron chi connectivity index (χ0n) is 14.4. The van der Waals surface area contributed by atoms with Crippen molar-refractivity contribution in [1.82, 2.24) is 0 Å². The lowest BCUT2D eigenvalue weighted by atomic mass is 9.42. The molecule has 6 rings (SSSR count). The maximum atomic E-state index is 12.3. The monoisotopic (exact) mass is 314 g/mol. The molecule has 0 heterocycles. The van der Waals surface area contributed by atoms with E-state index in [0.29, 0.717) is 23.2 Å². The predicted molar refractivity (Wildman–Crippen MR) is 89.6 cm³/mol. The highest BCUT2D eigenvalue weighted by Gasteiger charge is 2.67. The number of hydrogen-bond donors (Lipinski definition) is 0. The minimum Gasteiger partial charge on any atom is -0.455 e. The number of fused-ring (bicyclic) bond motifs is 2. The van der Waals surface area contributed by atoms with Gasteiger partial charge in [0, 0.05) is 23.8 Å². The smallest absolute Gasteiger partial charge is 0.330 e. The molecule has 0 aromatic carbocycles. The third-order valence-corrected chi connectivity index (χ3v) is 8.53. The Morgan fingerprint density at radius 1 is 1.04 bits per heavy atom. The fraction of sp³-hybridized carbons (Fsp3) is 0.857. The van der Waals surface area contributed by atoms with Crippen LogP contribution in [0.4, 0.5) is 0 Å². The summed E-state index contributed by atoms with van der Waals surface area (Å²) < 4.78 is 6.39. The Balaban J connectivity index is 1.56. The summed E-state index contributed by atoms with van der Waals surface area (Å²) >= 11 is 0. The van der Waals surface area contributed by atoms with E-state index in [9.17, 15) is 4.79 Å². The lowest BCUT2D eigenvalue weighted by molar-refractivity contribution is -0.244. The van der Waals surface area contributed by atoms with E-state index < -0.39 is 0 Å². The van der Waals surface area contributed by atoms with Gasteiger partial charge in [0.2, 0.25) is 0 Å². The second-order valence-electron chi connectivity index (χ2n) is 9.91. The molecule has 6 fully saturated rings.